The van der Waals surface area contributed by atoms with E-state index >= 15 is 0 Å². The number of carbonyl (C=O) groups excluding carboxylic acids is 2. The van der Waals surface area contributed by atoms with Gasteiger partial charge in [-0.2, -0.15) is 0 Å². The molecular weight excluding hydrogens is 436 g/mol. The van der Waals surface area contributed by atoms with Gasteiger partial charge in [0.2, 0.25) is 5.91 Å². The number of amides is 2. The molecule has 0 heterocycles. The van der Waals surface area contributed by atoms with Gasteiger partial charge in [-0.15, -0.1) is 0 Å². The molecule has 0 saturated heterocycles. The number of rotatable bonds is 11. The minimum Gasteiger partial charge on any atom is -0.481 e. The van der Waals surface area contributed by atoms with Gasteiger partial charge in [0.25, 0.3) is 0 Å². The molecule has 0 fully saturated rings. The van der Waals surface area contributed by atoms with E-state index in [0.717, 1.165) is 22.3 Å². The maximum atomic E-state index is 12.8. The standard InChI is InChI=1S/C26H32N2O6/c1-16(9-8-14-23(29)30)27-25(31)24(17(2)33-3)28-26(32)34-15-22-20-12-6-4-10-18(20)19-11-5-7-13-21(19)22/h4-7,10-13,16-17,22,24H,8-9,14-15H2,1-3H3,(H,27,31)(H,28,32)(H,29,30)/t16?,17-,24+/m1/s1. The maximum absolute atomic E-state index is 12.8. The predicted octanol–water partition coefficient (Wildman–Crippen LogP) is 3.69. The van der Waals surface area contributed by atoms with E-state index in [1.807, 2.05) is 36.4 Å². The molecular formula is C26H32N2O6. The Morgan fingerprint density at radius 1 is 0.971 bits per heavy atom. The first kappa shape index (κ1) is 25.2. The Balaban J connectivity index is 1.60. The molecule has 0 spiro atoms. The van der Waals surface area contributed by atoms with E-state index in [0.29, 0.717) is 12.8 Å². The molecule has 34 heavy (non-hydrogen) atoms. The summed E-state index contributed by atoms with van der Waals surface area (Å²) in [5.41, 5.74) is 4.47. The van der Waals surface area contributed by atoms with Gasteiger partial charge >= 0.3 is 12.1 Å². The van der Waals surface area contributed by atoms with Crippen molar-refractivity contribution in [2.45, 2.75) is 57.2 Å². The van der Waals surface area contributed by atoms with Crippen LogP contribution in [0.2, 0.25) is 0 Å². The largest absolute Gasteiger partial charge is 0.481 e. The van der Waals surface area contributed by atoms with E-state index in [1.165, 1.54) is 7.11 Å². The fourth-order valence-corrected chi connectivity index (χ4v) is 4.26. The van der Waals surface area contributed by atoms with Crippen molar-refractivity contribution >= 4 is 18.0 Å². The van der Waals surface area contributed by atoms with Crippen molar-refractivity contribution in [2.75, 3.05) is 13.7 Å². The molecule has 0 bridgehead atoms. The fraction of sp³-hybridized carbons (Fsp3) is 0.423. The quantitative estimate of drug-likeness (QED) is 0.464. The third-order valence-corrected chi connectivity index (χ3v) is 6.16. The number of aliphatic carboxylic acids is 1. The molecule has 0 radical (unpaired) electrons. The lowest BCUT2D eigenvalue weighted by atomic mass is 9.98. The van der Waals surface area contributed by atoms with Gasteiger partial charge in [0, 0.05) is 25.5 Å². The zero-order valence-corrected chi connectivity index (χ0v) is 19.7. The molecule has 0 aromatic heterocycles. The molecule has 0 aliphatic heterocycles. The Labute approximate surface area is 199 Å². The van der Waals surface area contributed by atoms with Gasteiger partial charge in [-0.25, -0.2) is 4.79 Å². The summed E-state index contributed by atoms with van der Waals surface area (Å²) in [6.45, 7) is 3.62. The first-order chi connectivity index (χ1) is 16.3. The summed E-state index contributed by atoms with van der Waals surface area (Å²) in [6.07, 6.45) is -0.301. The first-order valence-electron chi connectivity index (χ1n) is 11.5. The van der Waals surface area contributed by atoms with Crippen LogP contribution in [0.3, 0.4) is 0 Å². The number of hydrogen-bond acceptors (Lipinski definition) is 5. The van der Waals surface area contributed by atoms with E-state index < -0.39 is 30.1 Å². The van der Waals surface area contributed by atoms with Crippen molar-refractivity contribution in [2.24, 2.45) is 0 Å². The van der Waals surface area contributed by atoms with Crippen LogP contribution in [0.15, 0.2) is 48.5 Å². The van der Waals surface area contributed by atoms with E-state index in [2.05, 4.69) is 22.8 Å². The smallest absolute Gasteiger partial charge is 0.407 e. The van der Waals surface area contributed by atoms with Crippen LogP contribution in [-0.2, 0) is 19.1 Å². The molecule has 2 amide bonds. The molecule has 3 N–H and O–H groups in total. The molecule has 182 valence electrons. The van der Waals surface area contributed by atoms with Crippen molar-refractivity contribution in [1.29, 1.82) is 0 Å². The van der Waals surface area contributed by atoms with Crippen molar-refractivity contribution in [3.8, 4) is 11.1 Å². The zero-order valence-electron chi connectivity index (χ0n) is 19.7. The van der Waals surface area contributed by atoms with Crippen LogP contribution in [0.4, 0.5) is 4.79 Å². The Morgan fingerprint density at radius 2 is 1.56 bits per heavy atom. The topological polar surface area (TPSA) is 114 Å². The molecule has 8 nitrogen and oxygen atoms in total. The van der Waals surface area contributed by atoms with Crippen LogP contribution in [0.25, 0.3) is 11.1 Å². The number of methoxy groups -OCH3 is 1. The number of ether oxygens (including phenoxy) is 2. The zero-order chi connectivity index (χ0) is 24.7. The Kier molecular flexibility index (Phi) is 8.65. The highest BCUT2D eigenvalue weighted by molar-refractivity contribution is 5.86. The third kappa shape index (κ3) is 6.14. The van der Waals surface area contributed by atoms with Gasteiger partial charge in [-0.1, -0.05) is 48.5 Å². The molecule has 2 aromatic carbocycles. The van der Waals surface area contributed by atoms with Crippen LogP contribution >= 0.6 is 0 Å². The summed E-state index contributed by atoms with van der Waals surface area (Å²) in [6, 6.07) is 14.9. The summed E-state index contributed by atoms with van der Waals surface area (Å²) in [5.74, 6) is -1.37. The van der Waals surface area contributed by atoms with Gasteiger partial charge in [0.1, 0.15) is 12.6 Å². The first-order valence-corrected chi connectivity index (χ1v) is 11.5. The summed E-state index contributed by atoms with van der Waals surface area (Å²) in [4.78, 5) is 36.1. The number of fused-ring (bicyclic) bond motifs is 3. The lowest BCUT2D eigenvalue weighted by Crippen LogP contribution is -2.54. The van der Waals surface area contributed by atoms with Crippen molar-refractivity contribution < 1.29 is 29.0 Å². The van der Waals surface area contributed by atoms with Crippen molar-refractivity contribution in [1.82, 2.24) is 10.6 Å². The summed E-state index contributed by atoms with van der Waals surface area (Å²) in [7, 11) is 1.46. The van der Waals surface area contributed by atoms with E-state index in [9.17, 15) is 14.4 Å². The molecule has 8 heteroatoms. The second-order valence-electron chi connectivity index (χ2n) is 8.58. The molecule has 2 aromatic rings. The highest BCUT2D eigenvalue weighted by Crippen LogP contribution is 2.44. The summed E-state index contributed by atoms with van der Waals surface area (Å²) < 4.78 is 10.9. The lowest BCUT2D eigenvalue weighted by molar-refractivity contribution is -0.137. The molecule has 1 aliphatic carbocycles. The highest BCUT2D eigenvalue weighted by Gasteiger charge is 2.31. The molecule has 1 aliphatic rings. The Hall–Kier alpha value is -3.39. The second kappa shape index (κ2) is 11.7. The number of carbonyl (C=O) groups is 3. The molecule has 1 unspecified atom stereocenters. The van der Waals surface area contributed by atoms with Gasteiger partial charge < -0.3 is 25.2 Å². The van der Waals surface area contributed by atoms with Crippen molar-refractivity contribution in [3.05, 3.63) is 59.7 Å². The Bertz CT molecular complexity index is 978. The maximum Gasteiger partial charge on any atom is 0.407 e. The normalized spacial score (nSPS) is 14.9. The van der Waals surface area contributed by atoms with Gasteiger partial charge in [0.05, 0.1) is 6.10 Å². The third-order valence-electron chi connectivity index (χ3n) is 6.16. The highest BCUT2D eigenvalue weighted by atomic mass is 16.5. The summed E-state index contributed by atoms with van der Waals surface area (Å²) in [5, 5.41) is 14.2. The molecule has 0 saturated carbocycles. The van der Waals surface area contributed by atoms with Crippen LogP contribution in [0, 0.1) is 0 Å². The van der Waals surface area contributed by atoms with Gasteiger partial charge in [0.15, 0.2) is 0 Å². The Morgan fingerprint density at radius 3 is 2.12 bits per heavy atom. The number of alkyl carbamates (subject to hydrolysis) is 1. The van der Waals surface area contributed by atoms with E-state index in [1.54, 1.807) is 13.8 Å². The van der Waals surface area contributed by atoms with Crippen molar-refractivity contribution in [3.63, 3.8) is 0 Å². The monoisotopic (exact) mass is 468 g/mol. The number of benzene rings is 2. The number of carboxylic acid groups (broad SMARTS) is 1. The SMILES string of the molecule is CO[C@H](C)[C@H](NC(=O)OCC1c2ccccc2-c2ccccc21)C(=O)NC(C)CCCC(=O)O. The number of nitrogens with one attached hydrogen (secondary N) is 2. The van der Waals surface area contributed by atoms with Crippen LogP contribution in [0.1, 0.15) is 50.2 Å². The minimum atomic E-state index is -0.956. The van der Waals surface area contributed by atoms with E-state index in [-0.39, 0.29) is 25.0 Å². The van der Waals surface area contributed by atoms with Crippen LogP contribution in [-0.4, -0.2) is 55.0 Å². The van der Waals surface area contributed by atoms with Gasteiger partial charge in [-0.05, 0) is 48.9 Å². The molecule has 3 atom stereocenters. The summed E-state index contributed by atoms with van der Waals surface area (Å²) >= 11 is 0. The fourth-order valence-electron chi connectivity index (χ4n) is 4.26. The average molecular weight is 469 g/mol. The predicted molar refractivity (Wildman–Crippen MR) is 128 cm³/mol. The molecule has 3 rings (SSSR count). The average Bonchev–Trinajstić information content (AvgIpc) is 3.14. The van der Waals surface area contributed by atoms with Crippen LogP contribution < -0.4 is 10.6 Å². The van der Waals surface area contributed by atoms with Gasteiger partial charge in [-0.3, -0.25) is 9.59 Å². The number of carboxylic acids is 1. The number of hydrogen-bond donors (Lipinski definition) is 3. The van der Waals surface area contributed by atoms with E-state index in [4.69, 9.17) is 14.6 Å². The van der Waals surface area contributed by atoms with Crippen LogP contribution in [0.5, 0.6) is 0 Å². The minimum absolute atomic E-state index is 0.0378. The second-order valence-corrected chi connectivity index (χ2v) is 8.58. The lowest BCUT2D eigenvalue weighted by Gasteiger charge is -2.25.